The van der Waals surface area contributed by atoms with E-state index in [1.54, 1.807) is 0 Å². The first-order valence-electron chi connectivity index (χ1n) is 12.3. The van der Waals surface area contributed by atoms with Crippen LogP contribution in [0.15, 0.2) is 0 Å². The molecule has 0 bridgehead atoms. The minimum absolute atomic E-state index is 0.634. The molecule has 5 nitrogen and oxygen atoms in total. The van der Waals surface area contributed by atoms with Gasteiger partial charge in [0.2, 0.25) is 0 Å². The average Bonchev–Trinajstić information content (AvgIpc) is 2.97. The first-order chi connectivity index (χ1) is 25.5. The Kier molecular flexibility index (Phi) is 14.0. The second-order valence-corrected chi connectivity index (χ2v) is 12.1. The van der Waals surface area contributed by atoms with Gasteiger partial charge in [0.05, 0.1) is 0 Å². The molecule has 0 aromatic carbocycles. The van der Waals surface area contributed by atoms with E-state index in [0.29, 0.717) is 4.74 Å². The van der Waals surface area contributed by atoms with Crippen LogP contribution < -0.4 is 0 Å². The summed E-state index contributed by atoms with van der Waals surface area (Å²) in [6.07, 6.45) is -59.2. The summed E-state index contributed by atoms with van der Waals surface area (Å²) in [5.41, 5.74) is 0. The van der Waals surface area contributed by atoms with Gasteiger partial charge in [-0.25, -0.2) is 18.0 Å². The van der Waals surface area contributed by atoms with Crippen molar-refractivity contribution in [2.75, 3.05) is 0 Å². The van der Waals surface area contributed by atoms with E-state index in [2.05, 4.69) is 0 Å². The molecule has 0 aromatic heterocycles. The van der Waals surface area contributed by atoms with Crippen molar-refractivity contribution in [1.82, 2.24) is 0 Å². The lowest BCUT2D eigenvalue weighted by atomic mass is 9.91. The molecule has 1 unspecified atom stereocenters. The largest absolute Gasteiger partial charge is 0.460 e. The van der Waals surface area contributed by atoms with Crippen LogP contribution in [-0.2, 0) is 23.8 Å². The monoisotopic (exact) mass is 1030 g/mol. The summed E-state index contributed by atoms with van der Waals surface area (Å²) in [7, 11) is -9.40. The molecule has 43 heteroatoms. The molecular formula is C18HF37O5S. The zero-order chi connectivity index (χ0) is 50.7. The van der Waals surface area contributed by atoms with Gasteiger partial charge in [-0.1, -0.05) is 0 Å². The van der Waals surface area contributed by atoms with Crippen molar-refractivity contribution in [1.29, 1.82) is 0 Å². The molecule has 0 rings (SSSR count). The van der Waals surface area contributed by atoms with Gasteiger partial charge in [-0.2, -0.15) is 166 Å². The quantitative estimate of drug-likeness (QED) is 0.0953. The number of ether oxygens (including phenoxy) is 2. The standard InChI is InChI=1S/C18HF37O5S/c19-1(58-61(56,57)18(54,55)11(38,39)8(32,33)13(43,44)45)2(20,21)3(22,23)4(24,25)5(26,27)6(28,29)9(34,35)14(46,47)59-16(50,51)17(52,53)60-15(48,49)10(36,37)7(30,31)12(40,41)42/h1H. The van der Waals surface area contributed by atoms with E-state index in [0.717, 1.165) is 4.74 Å². The summed E-state index contributed by atoms with van der Waals surface area (Å²) in [6.45, 7) is 0. The maximum absolute atomic E-state index is 13.9. The Bertz CT molecular complexity index is 1690. The molecule has 0 fully saturated rings. The third-order valence-electron chi connectivity index (χ3n) is 6.26. The highest BCUT2D eigenvalue weighted by molar-refractivity contribution is 7.87. The van der Waals surface area contributed by atoms with Crippen molar-refractivity contribution in [2.24, 2.45) is 0 Å². The lowest BCUT2D eigenvalue weighted by molar-refractivity contribution is -0.559. The van der Waals surface area contributed by atoms with Gasteiger partial charge in [-0.15, -0.1) is 0 Å². The molecule has 0 aliphatic carbocycles. The topological polar surface area (TPSA) is 61.8 Å². The van der Waals surface area contributed by atoms with Gasteiger partial charge in [0.15, 0.2) is 0 Å². The van der Waals surface area contributed by atoms with Gasteiger partial charge < -0.3 is 0 Å². The third kappa shape index (κ3) is 8.17. The molecule has 0 heterocycles. The number of alkyl halides is 37. The van der Waals surface area contributed by atoms with Gasteiger partial charge in [-0.05, 0) is 0 Å². The van der Waals surface area contributed by atoms with Crippen LogP contribution in [0.25, 0.3) is 0 Å². The fourth-order valence-corrected chi connectivity index (χ4v) is 3.71. The van der Waals surface area contributed by atoms with Crippen molar-refractivity contribution in [3.63, 3.8) is 0 Å². The highest BCUT2D eigenvalue weighted by Gasteiger charge is 2.95. The van der Waals surface area contributed by atoms with Crippen LogP contribution in [0.3, 0.4) is 0 Å². The zero-order valence-corrected chi connectivity index (χ0v) is 26.3. The smallest absolute Gasteiger partial charge is 0.243 e. The maximum Gasteiger partial charge on any atom is 0.460 e. The predicted octanol–water partition coefficient (Wildman–Crippen LogP) is 11.1. The average molecular weight is 1030 g/mol. The minimum Gasteiger partial charge on any atom is -0.243 e. The van der Waals surface area contributed by atoms with Crippen LogP contribution in [0.4, 0.5) is 162 Å². The molecule has 0 saturated carbocycles. The van der Waals surface area contributed by atoms with E-state index < -0.39 is 118 Å². The van der Waals surface area contributed by atoms with Crippen molar-refractivity contribution >= 4 is 10.1 Å². The molecule has 0 saturated heterocycles. The van der Waals surface area contributed by atoms with E-state index >= 15 is 0 Å². The molecule has 368 valence electrons. The fourth-order valence-electron chi connectivity index (χ4n) is 2.81. The molecule has 0 amide bonds. The number of hydrogen-bond acceptors (Lipinski definition) is 5. The highest BCUT2D eigenvalue weighted by atomic mass is 32.2. The Morgan fingerprint density at radius 1 is 0.295 bits per heavy atom. The Balaban J connectivity index is 7.19. The lowest BCUT2D eigenvalue weighted by Gasteiger charge is -2.43. The van der Waals surface area contributed by atoms with Crippen LogP contribution in [0, 0.1) is 0 Å². The summed E-state index contributed by atoms with van der Waals surface area (Å²) in [5.74, 6) is -92.5. The Labute approximate surface area is 303 Å². The molecule has 0 radical (unpaired) electrons. The van der Waals surface area contributed by atoms with Crippen LogP contribution in [0.5, 0.6) is 0 Å². The summed E-state index contributed by atoms with van der Waals surface area (Å²) >= 11 is 0. The Morgan fingerprint density at radius 2 is 0.525 bits per heavy atom. The van der Waals surface area contributed by atoms with Crippen LogP contribution in [-0.4, -0.2) is 116 Å². The molecule has 0 aromatic rings. The number of halogens is 37. The molecule has 0 N–H and O–H groups in total. The Hall–Kier alpha value is -2.76. The maximum atomic E-state index is 13.9. The molecule has 0 aliphatic heterocycles. The summed E-state index contributed by atoms with van der Waals surface area (Å²) in [6, 6.07) is 0. The van der Waals surface area contributed by atoms with E-state index in [1.807, 2.05) is 0 Å². The second-order valence-electron chi connectivity index (χ2n) is 10.4. The van der Waals surface area contributed by atoms with Crippen molar-refractivity contribution in [2.45, 2.75) is 108 Å². The molecule has 61 heavy (non-hydrogen) atoms. The minimum atomic E-state index is -9.94. The first-order valence-corrected chi connectivity index (χ1v) is 13.7. The highest BCUT2D eigenvalue weighted by Crippen LogP contribution is 2.65. The fraction of sp³-hybridized carbons (Fsp3) is 1.00. The van der Waals surface area contributed by atoms with Crippen LogP contribution >= 0.6 is 0 Å². The summed E-state index contributed by atoms with van der Waals surface area (Å²) in [5, 5.41) is -8.70. The third-order valence-corrected chi connectivity index (χ3v) is 7.56. The van der Waals surface area contributed by atoms with E-state index in [4.69, 9.17) is 0 Å². The van der Waals surface area contributed by atoms with Crippen LogP contribution in [0.2, 0.25) is 0 Å². The van der Waals surface area contributed by atoms with Gasteiger partial charge in [0, 0.05) is 0 Å². The van der Waals surface area contributed by atoms with Crippen molar-refractivity contribution in [3.05, 3.63) is 0 Å². The SMILES string of the molecule is O=S(=O)(OC(F)C(F)(F)C(F)(F)C(F)(F)C(F)(F)C(F)(F)C(F)(F)C(F)(F)OC(F)(F)C(F)(F)OC(F)(F)C(F)(F)C(F)(F)C(F)(F)F)C(F)(F)C(F)(F)C(F)(F)C(F)(F)F. The van der Waals surface area contributed by atoms with Gasteiger partial charge in [-0.3, -0.25) is 0 Å². The van der Waals surface area contributed by atoms with Crippen molar-refractivity contribution < 1.29 is 185 Å². The van der Waals surface area contributed by atoms with Crippen LogP contribution in [0.1, 0.15) is 0 Å². The molecule has 0 spiro atoms. The van der Waals surface area contributed by atoms with E-state index in [1.165, 1.54) is 4.18 Å². The number of rotatable bonds is 19. The van der Waals surface area contributed by atoms with Gasteiger partial charge in [0.1, 0.15) is 0 Å². The number of hydrogen-bond donors (Lipinski definition) is 0. The van der Waals surface area contributed by atoms with Gasteiger partial charge in [0.25, 0.3) is 6.36 Å². The summed E-state index contributed by atoms with van der Waals surface area (Å²) in [4.78, 5) is 0. The lowest BCUT2D eigenvalue weighted by Crippen LogP contribution is -2.74. The molecule has 0 aliphatic rings. The Morgan fingerprint density at radius 3 is 0.803 bits per heavy atom. The zero-order valence-electron chi connectivity index (χ0n) is 25.5. The first kappa shape index (κ1) is 58.2. The van der Waals surface area contributed by atoms with E-state index in [9.17, 15) is 171 Å². The second kappa shape index (κ2) is 14.6. The normalized spacial score (nSPS) is 17.5. The van der Waals surface area contributed by atoms with Gasteiger partial charge >= 0.3 is 111 Å². The van der Waals surface area contributed by atoms with Crippen molar-refractivity contribution in [3.8, 4) is 0 Å². The summed E-state index contributed by atoms with van der Waals surface area (Å²) < 4.78 is 514. The van der Waals surface area contributed by atoms with E-state index in [-0.39, 0.29) is 0 Å². The molecule has 1 atom stereocenters. The predicted molar refractivity (Wildman–Crippen MR) is 103 cm³/mol. The molecular weight excluding hydrogens is 1030 g/mol.